The van der Waals surface area contributed by atoms with Crippen molar-refractivity contribution in [2.24, 2.45) is 16.7 Å². The van der Waals surface area contributed by atoms with Gasteiger partial charge in [-0.2, -0.15) is 0 Å². The fourth-order valence-electron chi connectivity index (χ4n) is 8.51. The molecular weight excluding hydrogens is 468 g/mol. The fraction of sp³-hybridized carbons (Fsp3) is 0.667. The lowest BCUT2D eigenvalue weighted by molar-refractivity contribution is 0.130. The van der Waals surface area contributed by atoms with E-state index in [-0.39, 0.29) is 5.56 Å². The molecule has 5 heterocycles. The number of pyridine rings is 1. The predicted octanol–water partition coefficient (Wildman–Crippen LogP) is 5.09. The Morgan fingerprint density at radius 2 is 1.61 bits per heavy atom. The van der Waals surface area contributed by atoms with Crippen molar-refractivity contribution in [2.75, 3.05) is 47.3 Å². The first-order valence-electron chi connectivity index (χ1n) is 14.8. The lowest BCUT2D eigenvalue weighted by Crippen LogP contribution is -2.45. The summed E-state index contributed by atoms with van der Waals surface area (Å²) in [6.45, 7) is 14.1. The summed E-state index contributed by atoms with van der Waals surface area (Å²) in [5.74, 6) is 1.23. The summed E-state index contributed by atoms with van der Waals surface area (Å²) < 4.78 is 1.98. The maximum absolute atomic E-state index is 11.7. The molecule has 2 saturated heterocycles. The van der Waals surface area contributed by atoms with Crippen LogP contribution in [-0.4, -0.2) is 72.6 Å². The molecule has 0 radical (unpaired) electrons. The number of hydrogen-bond donors (Lipinski definition) is 0. The number of nitrogens with zero attached hydrogens (tertiary/aromatic N) is 4. The molecule has 5 aliphatic rings. The van der Waals surface area contributed by atoms with Crippen LogP contribution in [0.25, 0.3) is 0 Å². The SMILES string of the molecule is CN1CC2(C)CC1CC(C)(C)C2.CN1CC2CC(C1)c1cccc(=O)n1C2.CN1CCc2ccccc2C1. The first kappa shape index (κ1) is 27.6. The van der Waals surface area contributed by atoms with Crippen molar-refractivity contribution in [1.82, 2.24) is 19.3 Å². The maximum atomic E-state index is 11.7. The predicted molar refractivity (Wildman–Crippen MR) is 158 cm³/mol. The number of hydrogen-bond acceptors (Lipinski definition) is 4. The van der Waals surface area contributed by atoms with E-state index < -0.39 is 0 Å². The van der Waals surface area contributed by atoms with Crippen LogP contribution in [0.4, 0.5) is 0 Å². The second-order valence-electron chi connectivity index (χ2n) is 14.3. The van der Waals surface area contributed by atoms with Crippen LogP contribution in [0.3, 0.4) is 0 Å². The normalized spacial score (nSPS) is 31.7. The molecule has 4 unspecified atom stereocenters. The van der Waals surface area contributed by atoms with Gasteiger partial charge in [-0.25, -0.2) is 0 Å². The molecule has 2 aromatic rings. The van der Waals surface area contributed by atoms with Crippen LogP contribution in [0, 0.1) is 16.7 Å². The molecule has 0 spiro atoms. The second kappa shape index (κ2) is 10.9. The molecule has 3 fully saturated rings. The molecule has 208 valence electrons. The number of fused-ring (bicyclic) bond motifs is 7. The third kappa shape index (κ3) is 6.26. The Labute approximate surface area is 230 Å². The second-order valence-corrected chi connectivity index (χ2v) is 14.3. The summed E-state index contributed by atoms with van der Waals surface area (Å²) >= 11 is 0. The van der Waals surface area contributed by atoms with Crippen molar-refractivity contribution in [3.05, 3.63) is 69.6 Å². The number of piperidine rings is 1. The molecule has 5 nitrogen and oxygen atoms in total. The van der Waals surface area contributed by atoms with Crippen LogP contribution in [0.1, 0.15) is 69.2 Å². The first-order valence-corrected chi connectivity index (χ1v) is 14.8. The van der Waals surface area contributed by atoms with Gasteiger partial charge in [0.2, 0.25) is 0 Å². The van der Waals surface area contributed by atoms with E-state index in [0.29, 0.717) is 22.7 Å². The fourth-order valence-corrected chi connectivity index (χ4v) is 8.51. The smallest absolute Gasteiger partial charge is 0.250 e. The summed E-state index contributed by atoms with van der Waals surface area (Å²) in [5, 5.41) is 0. The molecule has 4 atom stereocenters. The van der Waals surface area contributed by atoms with E-state index >= 15 is 0 Å². The minimum absolute atomic E-state index is 0.173. The van der Waals surface area contributed by atoms with Gasteiger partial charge in [-0.15, -0.1) is 0 Å². The van der Waals surface area contributed by atoms with E-state index in [4.69, 9.17) is 0 Å². The van der Waals surface area contributed by atoms with Crippen LogP contribution < -0.4 is 5.56 Å². The quantitative estimate of drug-likeness (QED) is 0.486. The monoisotopic (exact) mass is 518 g/mol. The highest BCUT2D eigenvalue weighted by atomic mass is 16.1. The van der Waals surface area contributed by atoms with Gasteiger partial charge in [-0.05, 0) is 87.2 Å². The molecule has 4 aliphatic heterocycles. The molecule has 1 saturated carbocycles. The highest BCUT2D eigenvalue weighted by molar-refractivity contribution is 5.28. The van der Waals surface area contributed by atoms with Crippen molar-refractivity contribution < 1.29 is 0 Å². The minimum Gasteiger partial charge on any atom is -0.312 e. The summed E-state index contributed by atoms with van der Waals surface area (Å²) in [7, 11) is 6.64. The Morgan fingerprint density at radius 1 is 0.842 bits per heavy atom. The van der Waals surface area contributed by atoms with Crippen molar-refractivity contribution >= 4 is 0 Å². The number of aromatic nitrogens is 1. The Hall–Kier alpha value is -1.95. The number of likely N-dealkylation sites (tertiary alicyclic amines) is 2. The van der Waals surface area contributed by atoms with Gasteiger partial charge in [0.1, 0.15) is 0 Å². The molecule has 1 aromatic carbocycles. The lowest BCUT2D eigenvalue weighted by Gasteiger charge is -2.41. The highest BCUT2D eigenvalue weighted by Crippen LogP contribution is 2.51. The summed E-state index contributed by atoms with van der Waals surface area (Å²) in [5.41, 5.74) is 5.66. The van der Waals surface area contributed by atoms with Crippen LogP contribution in [0.15, 0.2) is 47.3 Å². The van der Waals surface area contributed by atoms with Gasteiger partial charge in [0, 0.05) is 63.0 Å². The van der Waals surface area contributed by atoms with Gasteiger partial charge < -0.3 is 19.3 Å². The van der Waals surface area contributed by atoms with Crippen LogP contribution in [0.2, 0.25) is 0 Å². The van der Waals surface area contributed by atoms with Gasteiger partial charge in [0.05, 0.1) is 0 Å². The van der Waals surface area contributed by atoms with Crippen molar-refractivity contribution in [1.29, 1.82) is 0 Å². The molecule has 4 bridgehead atoms. The van der Waals surface area contributed by atoms with E-state index in [1.165, 1.54) is 62.0 Å². The molecule has 38 heavy (non-hydrogen) atoms. The summed E-state index contributed by atoms with van der Waals surface area (Å²) in [6, 6.07) is 15.3. The van der Waals surface area contributed by atoms with Crippen LogP contribution in [0.5, 0.6) is 0 Å². The largest absolute Gasteiger partial charge is 0.312 e. The van der Waals surface area contributed by atoms with Gasteiger partial charge in [0.25, 0.3) is 5.56 Å². The van der Waals surface area contributed by atoms with E-state index in [1.807, 2.05) is 10.6 Å². The third-order valence-corrected chi connectivity index (χ3v) is 9.66. The Balaban J connectivity index is 0.000000118. The molecular formula is C33H50N4O. The Morgan fingerprint density at radius 3 is 2.37 bits per heavy atom. The van der Waals surface area contributed by atoms with Crippen LogP contribution >= 0.6 is 0 Å². The van der Waals surface area contributed by atoms with Crippen LogP contribution in [-0.2, 0) is 19.5 Å². The van der Waals surface area contributed by atoms with Gasteiger partial charge in [-0.1, -0.05) is 51.1 Å². The van der Waals surface area contributed by atoms with E-state index in [1.54, 1.807) is 6.07 Å². The van der Waals surface area contributed by atoms with Gasteiger partial charge >= 0.3 is 0 Å². The van der Waals surface area contributed by atoms with Gasteiger partial charge in [0.15, 0.2) is 0 Å². The topological polar surface area (TPSA) is 31.7 Å². The molecule has 1 aromatic heterocycles. The molecule has 7 rings (SSSR count). The summed E-state index contributed by atoms with van der Waals surface area (Å²) in [6.07, 6.45) is 6.73. The highest BCUT2D eigenvalue weighted by Gasteiger charge is 2.48. The molecule has 0 amide bonds. The standard InChI is InChI=1S/C12H16N2O.C11H21N.C10H13N/c1-13-6-9-5-10(8-13)11-3-2-4-12(15)14(11)7-9;1-10(2)5-9-6-11(3,7-10)8-12(9)4;1-11-7-6-9-4-2-3-5-10(9)8-11/h2-4,9-10H,5-8H2,1H3;9H,5-8H2,1-4H3;2-5H,6-8H2,1H3. The molecule has 5 heteroatoms. The third-order valence-electron chi connectivity index (χ3n) is 9.66. The lowest BCUT2D eigenvalue weighted by atomic mass is 9.65. The first-order chi connectivity index (χ1) is 18.0. The summed E-state index contributed by atoms with van der Waals surface area (Å²) in [4.78, 5) is 19.0. The zero-order valence-corrected chi connectivity index (χ0v) is 24.7. The van der Waals surface area contributed by atoms with E-state index in [2.05, 4.69) is 86.9 Å². The average molecular weight is 519 g/mol. The Kier molecular flexibility index (Phi) is 7.92. The number of benzene rings is 1. The minimum atomic E-state index is 0.173. The van der Waals surface area contributed by atoms with E-state index in [0.717, 1.165) is 32.2 Å². The zero-order chi connectivity index (χ0) is 27.1. The Bertz CT molecular complexity index is 1170. The van der Waals surface area contributed by atoms with Crippen molar-refractivity contribution in [3.8, 4) is 0 Å². The zero-order valence-electron chi connectivity index (χ0n) is 24.7. The number of likely N-dealkylation sites (N-methyl/N-ethyl adjacent to an activating group) is 2. The molecule has 0 N–H and O–H groups in total. The van der Waals surface area contributed by atoms with Gasteiger partial charge in [-0.3, -0.25) is 4.79 Å². The van der Waals surface area contributed by atoms with Crippen molar-refractivity contribution in [2.45, 2.75) is 77.9 Å². The van der Waals surface area contributed by atoms with E-state index in [9.17, 15) is 4.79 Å². The number of rotatable bonds is 0. The van der Waals surface area contributed by atoms with Crippen molar-refractivity contribution in [3.63, 3.8) is 0 Å². The molecule has 1 aliphatic carbocycles. The average Bonchev–Trinajstić information content (AvgIpc) is 3.06. The maximum Gasteiger partial charge on any atom is 0.250 e.